The number of anilines is 1. The van der Waals surface area contributed by atoms with Crippen molar-refractivity contribution in [3.05, 3.63) is 30.3 Å². The summed E-state index contributed by atoms with van der Waals surface area (Å²) in [6.45, 7) is 2.37. The SMILES string of the molecule is CN(C)C1CCCN(c2ccccc2)C1.Cl.Cl. The highest BCUT2D eigenvalue weighted by Crippen LogP contribution is 2.20. The molecule has 1 heterocycles. The van der Waals surface area contributed by atoms with Crippen LogP contribution in [-0.4, -0.2) is 38.1 Å². The van der Waals surface area contributed by atoms with E-state index in [0.29, 0.717) is 6.04 Å². The van der Waals surface area contributed by atoms with Gasteiger partial charge in [0.1, 0.15) is 0 Å². The fraction of sp³-hybridized carbons (Fsp3) is 0.538. The monoisotopic (exact) mass is 276 g/mol. The molecular formula is C13H22Cl2N2. The molecule has 1 atom stereocenters. The molecule has 1 aliphatic heterocycles. The Balaban J connectivity index is 0.00000128. The van der Waals surface area contributed by atoms with Crippen molar-refractivity contribution in [3.8, 4) is 0 Å². The van der Waals surface area contributed by atoms with Gasteiger partial charge in [-0.05, 0) is 39.1 Å². The molecule has 0 saturated carbocycles. The van der Waals surface area contributed by atoms with Crippen LogP contribution in [0.3, 0.4) is 0 Å². The highest BCUT2D eigenvalue weighted by atomic mass is 35.5. The number of likely N-dealkylation sites (N-methyl/N-ethyl adjacent to an activating group) is 1. The number of piperidine rings is 1. The number of benzene rings is 1. The van der Waals surface area contributed by atoms with Crippen LogP contribution in [0.15, 0.2) is 30.3 Å². The van der Waals surface area contributed by atoms with Crippen LogP contribution < -0.4 is 4.90 Å². The highest BCUT2D eigenvalue weighted by molar-refractivity contribution is 5.85. The predicted octanol–water partition coefficient (Wildman–Crippen LogP) is 3.06. The van der Waals surface area contributed by atoms with Crippen molar-refractivity contribution >= 4 is 30.5 Å². The molecule has 0 amide bonds. The van der Waals surface area contributed by atoms with Crippen LogP contribution in [0.1, 0.15) is 12.8 Å². The fourth-order valence-corrected chi connectivity index (χ4v) is 2.25. The van der Waals surface area contributed by atoms with Gasteiger partial charge in [0.2, 0.25) is 0 Å². The van der Waals surface area contributed by atoms with E-state index < -0.39 is 0 Å². The first-order valence-corrected chi connectivity index (χ1v) is 5.74. The van der Waals surface area contributed by atoms with Gasteiger partial charge in [0.25, 0.3) is 0 Å². The minimum Gasteiger partial charge on any atom is -0.370 e. The van der Waals surface area contributed by atoms with E-state index >= 15 is 0 Å². The summed E-state index contributed by atoms with van der Waals surface area (Å²) in [5, 5.41) is 0. The van der Waals surface area contributed by atoms with E-state index in [0.717, 1.165) is 6.54 Å². The Labute approximate surface area is 117 Å². The lowest BCUT2D eigenvalue weighted by Gasteiger charge is -2.37. The van der Waals surface area contributed by atoms with E-state index in [1.165, 1.54) is 25.1 Å². The van der Waals surface area contributed by atoms with Gasteiger partial charge < -0.3 is 9.80 Å². The number of para-hydroxylation sites is 1. The molecule has 2 rings (SSSR count). The largest absolute Gasteiger partial charge is 0.370 e. The Bertz CT molecular complexity index is 304. The van der Waals surface area contributed by atoms with Crippen molar-refractivity contribution in [2.75, 3.05) is 32.1 Å². The van der Waals surface area contributed by atoms with E-state index in [9.17, 15) is 0 Å². The van der Waals surface area contributed by atoms with Gasteiger partial charge in [0, 0.05) is 24.8 Å². The lowest BCUT2D eigenvalue weighted by molar-refractivity contribution is 0.258. The van der Waals surface area contributed by atoms with Crippen molar-refractivity contribution < 1.29 is 0 Å². The molecule has 1 aromatic rings. The average Bonchev–Trinajstić information content (AvgIpc) is 2.30. The molecule has 0 N–H and O–H groups in total. The second-order valence-electron chi connectivity index (χ2n) is 4.54. The van der Waals surface area contributed by atoms with Crippen molar-refractivity contribution in [2.45, 2.75) is 18.9 Å². The summed E-state index contributed by atoms with van der Waals surface area (Å²) >= 11 is 0. The van der Waals surface area contributed by atoms with Gasteiger partial charge in [0.15, 0.2) is 0 Å². The van der Waals surface area contributed by atoms with Crippen LogP contribution in [-0.2, 0) is 0 Å². The molecule has 0 spiro atoms. The lowest BCUT2D eigenvalue weighted by Crippen LogP contribution is -2.45. The van der Waals surface area contributed by atoms with Crippen molar-refractivity contribution in [1.29, 1.82) is 0 Å². The molecule has 1 unspecified atom stereocenters. The number of halogens is 2. The predicted molar refractivity (Wildman–Crippen MR) is 79.9 cm³/mol. The van der Waals surface area contributed by atoms with Crippen molar-refractivity contribution in [1.82, 2.24) is 4.90 Å². The van der Waals surface area contributed by atoms with E-state index in [1.807, 2.05) is 0 Å². The molecule has 0 aromatic heterocycles. The molecular weight excluding hydrogens is 255 g/mol. The van der Waals surface area contributed by atoms with Crippen LogP contribution in [0.5, 0.6) is 0 Å². The molecule has 0 radical (unpaired) electrons. The van der Waals surface area contributed by atoms with E-state index in [4.69, 9.17) is 0 Å². The molecule has 0 aliphatic carbocycles. The summed E-state index contributed by atoms with van der Waals surface area (Å²) in [5.74, 6) is 0. The van der Waals surface area contributed by atoms with Crippen LogP contribution in [0.4, 0.5) is 5.69 Å². The number of hydrogen-bond acceptors (Lipinski definition) is 2. The molecule has 4 heteroatoms. The second-order valence-corrected chi connectivity index (χ2v) is 4.54. The van der Waals surface area contributed by atoms with Crippen LogP contribution in [0, 0.1) is 0 Å². The molecule has 0 bridgehead atoms. The van der Waals surface area contributed by atoms with Crippen LogP contribution in [0.2, 0.25) is 0 Å². The summed E-state index contributed by atoms with van der Waals surface area (Å²) in [4.78, 5) is 4.84. The Hall–Kier alpha value is -0.440. The fourth-order valence-electron chi connectivity index (χ4n) is 2.25. The molecule has 1 aliphatic rings. The van der Waals surface area contributed by atoms with Crippen LogP contribution >= 0.6 is 24.8 Å². The Morgan fingerprint density at radius 1 is 1.12 bits per heavy atom. The quantitative estimate of drug-likeness (QED) is 0.819. The Morgan fingerprint density at radius 2 is 1.76 bits per heavy atom. The van der Waals surface area contributed by atoms with Crippen LogP contribution in [0.25, 0.3) is 0 Å². The first-order chi connectivity index (χ1) is 7.27. The normalized spacial score (nSPS) is 19.5. The van der Waals surface area contributed by atoms with Gasteiger partial charge in [-0.1, -0.05) is 18.2 Å². The van der Waals surface area contributed by atoms with Gasteiger partial charge >= 0.3 is 0 Å². The van der Waals surface area contributed by atoms with Gasteiger partial charge in [-0.3, -0.25) is 0 Å². The zero-order valence-corrected chi connectivity index (χ0v) is 12.1. The maximum absolute atomic E-state index is 2.49. The lowest BCUT2D eigenvalue weighted by atomic mass is 10.0. The van der Waals surface area contributed by atoms with Crippen molar-refractivity contribution in [2.24, 2.45) is 0 Å². The summed E-state index contributed by atoms with van der Waals surface area (Å²) in [6, 6.07) is 11.4. The maximum atomic E-state index is 2.49. The third-order valence-corrected chi connectivity index (χ3v) is 3.25. The smallest absolute Gasteiger partial charge is 0.0366 e. The molecule has 17 heavy (non-hydrogen) atoms. The van der Waals surface area contributed by atoms with E-state index in [1.54, 1.807) is 0 Å². The third-order valence-electron chi connectivity index (χ3n) is 3.25. The summed E-state index contributed by atoms with van der Waals surface area (Å²) < 4.78 is 0. The molecule has 1 aromatic carbocycles. The highest BCUT2D eigenvalue weighted by Gasteiger charge is 2.21. The standard InChI is InChI=1S/C13H20N2.2ClH/c1-14(2)13-9-6-10-15(11-13)12-7-4-3-5-8-12;;/h3-5,7-8,13H,6,9-11H2,1-2H3;2*1H. The second kappa shape index (κ2) is 7.80. The van der Waals surface area contributed by atoms with E-state index in [2.05, 4.69) is 54.2 Å². The van der Waals surface area contributed by atoms with Gasteiger partial charge in [0.05, 0.1) is 0 Å². The first kappa shape index (κ1) is 16.6. The minimum absolute atomic E-state index is 0. The molecule has 2 nitrogen and oxygen atoms in total. The van der Waals surface area contributed by atoms with Crippen molar-refractivity contribution in [3.63, 3.8) is 0 Å². The van der Waals surface area contributed by atoms with Gasteiger partial charge in [-0.25, -0.2) is 0 Å². The molecule has 98 valence electrons. The Kier molecular flexibility index (Phi) is 7.60. The number of rotatable bonds is 2. The number of nitrogens with zero attached hydrogens (tertiary/aromatic N) is 2. The maximum Gasteiger partial charge on any atom is 0.0366 e. The average molecular weight is 277 g/mol. The molecule has 1 fully saturated rings. The third kappa shape index (κ3) is 4.38. The Morgan fingerprint density at radius 3 is 2.35 bits per heavy atom. The summed E-state index contributed by atoms with van der Waals surface area (Å²) in [7, 11) is 4.36. The summed E-state index contributed by atoms with van der Waals surface area (Å²) in [5.41, 5.74) is 1.36. The zero-order chi connectivity index (χ0) is 10.7. The minimum atomic E-state index is 0. The topological polar surface area (TPSA) is 6.48 Å². The van der Waals surface area contributed by atoms with Gasteiger partial charge in [-0.15, -0.1) is 24.8 Å². The summed E-state index contributed by atoms with van der Waals surface area (Å²) in [6.07, 6.45) is 2.63. The number of hydrogen-bond donors (Lipinski definition) is 0. The van der Waals surface area contributed by atoms with E-state index in [-0.39, 0.29) is 24.8 Å². The zero-order valence-electron chi connectivity index (χ0n) is 10.5. The first-order valence-electron chi connectivity index (χ1n) is 5.74. The molecule has 1 saturated heterocycles. The van der Waals surface area contributed by atoms with Gasteiger partial charge in [-0.2, -0.15) is 0 Å².